The van der Waals surface area contributed by atoms with E-state index in [2.05, 4.69) is 4.98 Å². The van der Waals surface area contributed by atoms with Gasteiger partial charge in [0.15, 0.2) is 0 Å². The lowest BCUT2D eigenvalue weighted by Gasteiger charge is -2.27. The lowest BCUT2D eigenvalue weighted by atomic mass is 9.99. The first kappa shape index (κ1) is 22.6. The zero-order valence-corrected chi connectivity index (χ0v) is 19.6. The topological polar surface area (TPSA) is 67.8 Å². The van der Waals surface area contributed by atoms with Crippen molar-refractivity contribution in [2.75, 3.05) is 39.8 Å². The van der Waals surface area contributed by atoms with Crippen molar-refractivity contribution in [1.29, 1.82) is 0 Å². The number of carbonyl (C=O) groups excluding carboxylic acids is 1. The van der Waals surface area contributed by atoms with E-state index in [0.717, 1.165) is 46.7 Å². The van der Waals surface area contributed by atoms with Crippen molar-refractivity contribution >= 4 is 11.9 Å². The van der Waals surface area contributed by atoms with Gasteiger partial charge in [0, 0.05) is 32.4 Å². The van der Waals surface area contributed by atoms with E-state index in [1.54, 1.807) is 14.2 Å². The predicted octanol–water partition coefficient (Wildman–Crippen LogP) is 4.13. The Morgan fingerprint density at radius 3 is 2.55 bits per heavy atom. The summed E-state index contributed by atoms with van der Waals surface area (Å²) in [6, 6.07) is 15.4. The van der Waals surface area contributed by atoms with Gasteiger partial charge < -0.3 is 19.3 Å². The molecule has 0 bridgehead atoms. The highest BCUT2D eigenvalue weighted by Gasteiger charge is 2.33. The van der Waals surface area contributed by atoms with Crippen LogP contribution in [0.4, 0.5) is 5.95 Å². The van der Waals surface area contributed by atoms with Crippen LogP contribution < -0.4 is 14.4 Å². The first-order chi connectivity index (χ1) is 16.0. The second-order valence-corrected chi connectivity index (χ2v) is 8.37. The maximum absolute atomic E-state index is 13.4. The fraction of sp³-hybridized carbons (Fsp3) is 0.346. The Morgan fingerprint density at radius 1 is 1.09 bits per heavy atom. The summed E-state index contributed by atoms with van der Waals surface area (Å²) in [5, 5.41) is 0. The normalized spacial score (nSPS) is 15.4. The summed E-state index contributed by atoms with van der Waals surface area (Å²) in [7, 11) is 7.13. The molecule has 1 saturated heterocycles. The summed E-state index contributed by atoms with van der Waals surface area (Å²) < 4.78 is 10.7. The van der Waals surface area contributed by atoms with Crippen molar-refractivity contribution in [3.05, 3.63) is 66.0 Å². The Labute approximate surface area is 195 Å². The Hall–Kier alpha value is -3.61. The summed E-state index contributed by atoms with van der Waals surface area (Å²) in [4.78, 5) is 26.7. The minimum absolute atomic E-state index is 0.0901. The molecule has 172 valence electrons. The van der Waals surface area contributed by atoms with Crippen LogP contribution in [0.1, 0.15) is 30.1 Å². The van der Waals surface area contributed by atoms with Crippen LogP contribution >= 0.6 is 0 Å². The van der Waals surface area contributed by atoms with Crippen molar-refractivity contribution in [3.63, 3.8) is 0 Å². The molecule has 7 nitrogen and oxygen atoms in total. The van der Waals surface area contributed by atoms with E-state index in [1.165, 1.54) is 0 Å². The van der Waals surface area contributed by atoms with Gasteiger partial charge in [-0.15, -0.1) is 0 Å². The monoisotopic (exact) mass is 446 g/mol. The number of ether oxygens (including phenoxy) is 2. The van der Waals surface area contributed by atoms with Crippen molar-refractivity contribution in [1.82, 2.24) is 14.9 Å². The van der Waals surface area contributed by atoms with Gasteiger partial charge >= 0.3 is 0 Å². The van der Waals surface area contributed by atoms with Gasteiger partial charge in [-0.1, -0.05) is 24.3 Å². The van der Waals surface area contributed by atoms with E-state index in [4.69, 9.17) is 14.5 Å². The van der Waals surface area contributed by atoms with Crippen LogP contribution in [0, 0.1) is 0 Å². The zero-order valence-electron chi connectivity index (χ0n) is 19.6. The molecule has 2 heterocycles. The standard InChI is InChI=1S/C26H30N4O3/c1-29(2)26-27-17-22(19-9-6-11-21(16-19)33-4)25(28-26)23-12-7-13-30(23)24(31)15-18-8-5-10-20(14-18)32-3/h5-6,8-11,14,16-17,23H,7,12-13,15H2,1-4H3. The molecule has 3 aromatic rings. The van der Waals surface area contributed by atoms with Gasteiger partial charge in [0.25, 0.3) is 0 Å². The lowest BCUT2D eigenvalue weighted by molar-refractivity contribution is -0.131. The average molecular weight is 447 g/mol. The number of nitrogens with zero attached hydrogens (tertiary/aromatic N) is 4. The number of aromatic nitrogens is 2. The van der Waals surface area contributed by atoms with Crippen LogP contribution in [0.3, 0.4) is 0 Å². The van der Waals surface area contributed by atoms with Gasteiger partial charge in [-0.2, -0.15) is 0 Å². The molecule has 1 amide bonds. The number of benzene rings is 2. The summed E-state index contributed by atoms with van der Waals surface area (Å²) in [6.45, 7) is 0.715. The molecule has 1 aliphatic heterocycles. The van der Waals surface area contributed by atoms with Gasteiger partial charge in [0.05, 0.1) is 32.4 Å². The molecule has 2 aromatic carbocycles. The Balaban J connectivity index is 1.69. The fourth-order valence-electron chi connectivity index (χ4n) is 4.28. The molecular weight excluding hydrogens is 416 g/mol. The van der Waals surface area contributed by atoms with E-state index in [9.17, 15) is 4.79 Å². The highest BCUT2D eigenvalue weighted by Crippen LogP contribution is 2.38. The van der Waals surface area contributed by atoms with E-state index >= 15 is 0 Å². The molecule has 1 aliphatic rings. The van der Waals surface area contributed by atoms with Crippen LogP contribution in [0.2, 0.25) is 0 Å². The molecule has 0 saturated carbocycles. The van der Waals surface area contributed by atoms with Crippen LogP contribution in [0.15, 0.2) is 54.7 Å². The molecule has 1 atom stereocenters. The molecule has 33 heavy (non-hydrogen) atoms. The summed E-state index contributed by atoms with van der Waals surface area (Å²) in [5.74, 6) is 2.24. The van der Waals surface area contributed by atoms with Gasteiger partial charge in [-0.05, 0) is 48.2 Å². The molecular formula is C26H30N4O3. The molecule has 0 aliphatic carbocycles. The average Bonchev–Trinajstić information content (AvgIpc) is 3.34. The molecule has 1 fully saturated rings. The highest BCUT2D eigenvalue weighted by molar-refractivity contribution is 5.80. The Morgan fingerprint density at radius 2 is 1.82 bits per heavy atom. The van der Waals surface area contributed by atoms with Crippen molar-refractivity contribution < 1.29 is 14.3 Å². The van der Waals surface area contributed by atoms with E-state index in [0.29, 0.717) is 18.9 Å². The molecule has 0 spiro atoms. The second-order valence-electron chi connectivity index (χ2n) is 8.37. The van der Waals surface area contributed by atoms with Gasteiger partial charge in [0.2, 0.25) is 11.9 Å². The number of methoxy groups -OCH3 is 2. The number of hydrogen-bond donors (Lipinski definition) is 0. The maximum Gasteiger partial charge on any atom is 0.227 e. The van der Waals surface area contributed by atoms with Crippen molar-refractivity contribution in [2.24, 2.45) is 0 Å². The Bertz CT molecular complexity index is 1130. The van der Waals surface area contributed by atoms with E-state index in [1.807, 2.05) is 78.6 Å². The Kier molecular flexibility index (Phi) is 6.77. The largest absolute Gasteiger partial charge is 0.497 e. The number of hydrogen-bond acceptors (Lipinski definition) is 6. The third kappa shape index (κ3) is 4.92. The molecule has 0 radical (unpaired) electrons. The molecule has 1 aromatic heterocycles. The predicted molar refractivity (Wildman–Crippen MR) is 129 cm³/mol. The third-order valence-corrected chi connectivity index (χ3v) is 5.96. The summed E-state index contributed by atoms with van der Waals surface area (Å²) in [6.07, 6.45) is 3.99. The fourth-order valence-corrected chi connectivity index (χ4v) is 4.28. The second kappa shape index (κ2) is 9.90. The van der Waals surface area contributed by atoms with Crippen LogP contribution in [-0.2, 0) is 11.2 Å². The van der Waals surface area contributed by atoms with Crippen LogP contribution in [-0.4, -0.2) is 55.6 Å². The first-order valence-electron chi connectivity index (χ1n) is 11.1. The smallest absolute Gasteiger partial charge is 0.227 e. The van der Waals surface area contributed by atoms with Gasteiger partial charge in [0.1, 0.15) is 11.5 Å². The number of amides is 1. The molecule has 4 rings (SSSR count). The maximum atomic E-state index is 13.4. The lowest BCUT2D eigenvalue weighted by Crippen LogP contribution is -2.32. The SMILES string of the molecule is COc1cccc(CC(=O)N2CCCC2c2nc(N(C)C)ncc2-c2cccc(OC)c2)c1. The summed E-state index contributed by atoms with van der Waals surface area (Å²) in [5.41, 5.74) is 3.71. The molecule has 0 N–H and O–H groups in total. The minimum atomic E-state index is -0.106. The molecule has 1 unspecified atom stereocenters. The van der Waals surface area contributed by atoms with Crippen LogP contribution in [0.25, 0.3) is 11.1 Å². The highest BCUT2D eigenvalue weighted by atomic mass is 16.5. The molecule has 7 heteroatoms. The van der Waals surface area contributed by atoms with Gasteiger partial charge in [-0.3, -0.25) is 4.79 Å². The van der Waals surface area contributed by atoms with E-state index in [-0.39, 0.29) is 11.9 Å². The first-order valence-corrected chi connectivity index (χ1v) is 11.1. The minimum Gasteiger partial charge on any atom is -0.497 e. The summed E-state index contributed by atoms with van der Waals surface area (Å²) >= 11 is 0. The number of carbonyl (C=O) groups is 1. The third-order valence-electron chi connectivity index (χ3n) is 5.96. The van der Waals surface area contributed by atoms with Gasteiger partial charge in [-0.25, -0.2) is 9.97 Å². The van der Waals surface area contributed by atoms with Crippen LogP contribution in [0.5, 0.6) is 11.5 Å². The number of likely N-dealkylation sites (tertiary alicyclic amines) is 1. The van der Waals surface area contributed by atoms with Crippen molar-refractivity contribution in [3.8, 4) is 22.6 Å². The zero-order chi connectivity index (χ0) is 23.4. The quantitative estimate of drug-likeness (QED) is 0.544. The van der Waals surface area contributed by atoms with Crippen molar-refractivity contribution in [2.45, 2.75) is 25.3 Å². The van der Waals surface area contributed by atoms with E-state index < -0.39 is 0 Å². The number of anilines is 1. The number of rotatable bonds is 7.